The molecule has 4 heteroatoms. The Morgan fingerprint density at radius 2 is 2.25 bits per heavy atom. The summed E-state index contributed by atoms with van der Waals surface area (Å²) >= 11 is 0. The van der Waals surface area contributed by atoms with Crippen LogP contribution in [-0.4, -0.2) is 55.1 Å². The van der Waals surface area contributed by atoms with Crippen LogP contribution >= 0.6 is 0 Å². The molecule has 94 valence electrons. The molecule has 1 atom stereocenters. The van der Waals surface area contributed by atoms with Crippen LogP contribution in [0.15, 0.2) is 0 Å². The first-order valence-electron chi connectivity index (χ1n) is 6.27. The number of nitrogens with one attached hydrogen (secondary N) is 1. The molecule has 1 rings (SSSR count). The fraction of sp³-hybridized carbons (Fsp3) is 0.917. The normalized spacial score (nSPS) is 20.9. The van der Waals surface area contributed by atoms with E-state index in [0.29, 0.717) is 5.92 Å². The van der Waals surface area contributed by atoms with Crippen LogP contribution in [0.3, 0.4) is 0 Å². The van der Waals surface area contributed by atoms with Crippen LogP contribution in [-0.2, 0) is 0 Å². The second-order valence-electron chi connectivity index (χ2n) is 5.06. The van der Waals surface area contributed by atoms with Crippen LogP contribution in [0.5, 0.6) is 0 Å². The largest absolute Gasteiger partial charge is 0.336 e. The van der Waals surface area contributed by atoms with Crippen LogP contribution in [0, 0.1) is 5.92 Å². The molecule has 1 fully saturated rings. The lowest BCUT2D eigenvalue weighted by Gasteiger charge is -2.21. The van der Waals surface area contributed by atoms with Crippen molar-refractivity contribution in [3.05, 3.63) is 0 Å². The van der Waals surface area contributed by atoms with Crippen molar-refractivity contribution in [2.45, 2.75) is 33.2 Å². The van der Waals surface area contributed by atoms with Crippen molar-refractivity contribution in [2.75, 3.05) is 33.2 Å². The summed E-state index contributed by atoms with van der Waals surface area (Å²) < 4.78 is 0. The molecule has 1 heterocycles. The predicted octanol–water partition coefficient (Wildman–Crippen LogP) is 1.38. The Morgan fingerprint density at radius 1 is 1.56 bits per heavy atom. The summed E-state index contributed by atoms with van der Waals surface area (Å²) in [6, 6.07) is 0.321. The van der Waals surface area contributed by atoms with Crippen LogP contribution in [0.1, 0.15) is 27.2 Å². The number of amides is 2. The molecule has 4 nitrogen and oxygen atoms in total. The number of rotatable bonds is 4. The second-order valence-corrected chi connectivity index (χ2v) is 5.06. The minimum atomic E-state index is 0.0941. The number of nitrogens with zero attached hydrogens (tertiary/aromatic N) is 2. The highest BCUT2D eigenvalue weighted by Gasteiger charge is 2.26. The molecular weight excluding hydrogens is 202 g/mol. The lowest BCUT2D eigenvalue weighted by atomic mass is 10.1. The number of hydrogen-bond donors (Lipinski definition) is 1. The fourth-order valence-corrected chi connectivity index (χ4v) is 2.07. The van der Waals surface area contributed by atoms with Gasteiger partial charge in [-0.15, -0.1) is 0 Å². The van der Waals surface area contributed by atoms with E-state index >= 15 is 0 Å². The minimum Gasteiger partial charge on any atom is -0.336 e. The predicted molar refractivity (Wildman–Crippen MR) is 66.5 cm³/mol. The summed E-state index contributed by atoms with van der Waals surface area (Å²) in [5.74, 6) is 0.642. The van der Waals surface area contributed by atoms with Gasteiger partial charge in [0.2, 0.25) is 0 Å². The van der Waals surface area contributed by atoms with E-state index in [1.807, 2.05) is 18.7 Å². The quantitative estimate of drug-likeness (QED) is 0.787. The highest BCUT2D eigenvalue weighted by Crippen LogP contribution is 2.17. The van der Waals surface area contributed by atoms with E-state index in [-0.39, 0.29) is 12.1 Å². The molecule has 0 spiro atoms. The molecule has 0 radical (unpaired) electrons. The van der Waals surface area contributed by atoms with Crippen LogP contribution in [0.2, 0.25) is 0 Å². The molecule has 0 aliphatic carbocycles. The lowest BCUT2D eigenvalue weighted by Crippen LogP contribution is -2.42. The molecule has 0 aromatic carbocycles. The van der Waals surface area contributed by atoms with E-state index in [2.05, 4.69) is 24.2 Å². The van der Waals surface area contributed by atoms with Crippen LogP contribution in [0.4, 0.5) is 4.79 Å². The molecule has 1 aliphatic heterocycles. The Morgan fingerprint density at radius 3 is 2.81 bits per heavy atom. The summed E-state index contributed by atoms with van der Waals surface area (Å²) in [7, 11) is 2.14. The number of hydrogen-bond acceptors (Lipinski definition) is 2. The van der Waals surface area contributed by atoms with Crippen molar-refractivity contribution >= 4 is 6.03 Å². The molecule has 0 saturated carbocycles. The van der Waals surface area contributed by atoms with Gasteiger partial charge < -0.3 is 15.1 Å². The van der Waals surface area contributed by atoms with Gasteiger partial charge >= 0.3 is 6.03 Å². The third-order valence-electron chi connectivity index (χ3n) is 3.09. The van der Waals surface area contributed by atoms with Crippen molar-refractivity contribution in [2.24, 2.45) is 5.92 Å². The van der Waals surface area contributed by atoms with Crippen molar-refractivity contribution < 1.29 is 4.79 Å². The third-order valence-corrected chi connectivity index (χ3v) is 3.09. The smallest absolute Gasteiger partial charge is 0.317 e. The highest BCUT2D eigenvalue weighted by molar-refractivity contribution is 5.74. The van der Waals surface area contributed by atoms with E-state index in [9.17, 15) is 4.79 Å². The summed E-state index contributed by atoms with van der Waals surface area (Å²) in [5.41, 5.74) is 0. The third kappa shape index (κ3) is 4.00. The van der Waals surface area contributed by atoms with Gasteiger partial charge in [0.05, 0.1) is 0 Å². The maximum absolute atomic E-state index is 11.8. The van der Waals surface area contributed by atoms with Gasteiger partial charge in [-0.1, -0.05) is 6.92 Å². The Labute approximate surface area is 99.0 Å². The number of urea groups is 1. The minimum absolute atomic E-state index is 0.0941. The fourth-order valence-electron chi connectivity index (χ4n) is 2.07. The van der Waals surface area contributed by atoms with Crippen LogP contribution in [0.25, 0.3) is 0 Å². The molecule has 0 aromatic rings. The van der Waals surface area contributed by atoms with Gasteiger partial charge in [0.15, 0.2) is 0 Å². The van der Waals surface area contributed by atoms with Gasteiger partial charge in [0, 0.05) is 25.7 Å². The van der Waals surface area contributed by atoms with Gasteiger partial charge in [-0.2, -0.15) is 0 Å². The number of carbonyl (C=O) groups is 1. The van der Waals surface area contributed by atoms with Gasteiger partial charge in [-0.25, -0.2) is 4.79 Å². The molecule has 1 aliphatic rings. The van der Waals surface area contributed by atoms with E-state index < -0.39 is 0 Å². The van der Waals surface area contributed by atoms with Crippen molar-refractivity contribution in [1.82, 2.24) is 15.1 Å². The Bertz CT molecular complexity index is 230. The summed E-state index contributed by atoms with van der Waals surface area (Å²) in [6.45, 7) is 10.1. The zero-order valence-electron chi connectivity index (χ0n) is 11.0. The molecule has 0 unspecified atom stereocenters. The monoisotopic (exact) mass is 227 g/mol. The average molecular weight is 227 g/mol. The molecular formula is C12H25N3O. The molecule has 2 amide bonds. The van der Waals surface area contributed by atoms with Crippen molar-refractivity contribution in [3.8, 4) is 0 Å². The first-order valence-corrected chi connectivity index (χ1v) is 6.27. The molecule has 0 bridgehead atoms. The van der Waals surface area contributed by atoms with Gasteiger partial charge in [0.25, 0.3) is 0 Å². The lowest BCUT2D eigenvalue weighted by molar-refractivity contribution is 0.202. The zero-order valence-corrected chi connectivity index (χ0v) is 11.0. The van der Waals surface area contributed by atoms with E-state index in [1.165, 1.54) is 0 Å². The Kier molecular flexibility index (Phi) is 5.06. The SMILES string of the molecule is CCN(C)C[C@H]1CCN(C(=O)NC(C)C)C1. The summed E-state index contributed by atoms with van der Waals surface area (Å²) in [4.78, 5) is 16.0. The average Bonchev–Trinajstić information content (AvgIpc) is 2.65. The second kappa shape index (κ2) is 6.09. The number of carbonyl (C=O) groups excluding carboxylic acids is 1. The van der Waals surface area contributed by atoms with Gasteiger partial charge in [-0.05, 0) is 39.8 Å². The molecule has 0 aromatic heterocycles. The molecule has 1 N–H and O–H groups in total. The summed E-state index contributed by atoms with van der Waals surface area (Å²) in [5, 5.41) is 2.95. The zero-order chi connectivity index (χ0) is 12.1. The highest BCUT2D eigenvalue weighted by atomic mass is 16.2. The van der Waals surface area contributed by atoms with Crippen LogP contribution < -0.4 is 5.32 Å². The van der Waals surface area contributed by atoms with Crippen molar-refractivity contribution in [3.63, 3.8) is 0 Å². The summed E-state index contributed by atoms with van der Waals surface area (Å²) in [6.07, 6.45) is 1.13. The van der Waals surface area contributed by atoms with E-state index in [1.54, 1.807) is 0 Å². The van der Waals surface area contributed by atoms with Gasteiger partial charge in [0.1, 0.15) is 0 Å². The standard InChI is InChI=1S/C12H25N3O/c1-5-14(4)8-11-6-7-15(9-11)12(16)13-10(2)3/h10-11H,5-9H2,1-4H3,(H,13,16)/t11-/m1/s1. The Hall–Kier alpha value is -0.770. The topological polar surface area (TPSA) is 35.6 Å². The maximum Gasteiger partial charge on any atom is 0.317 e. The van der Waals surface area contributed by atoms with Gasteiger partial charge in [-0.3, -0.25) is 0 Å². The number of likely N-dealkylation sites (tertiary alicyclic amines) is 1. The first-order chi connectivity index (χ1) is 7.52. The van der Waals surface area contributed by atoms with E-state index in [4.69, 9.17) is 0 Å². The first kappa shape index (κ1) is 13.3. The molecule has 16 heavy (non-hydrogen) atoms. The Balaban J connectivity index is 2.31. The maximum atomic E-state index is 11.8. The molecule has 1 saturated heterocycles. The van der Waals surface area contributed by atoms with Crippen molar-refractivity contribution in [1.29, 1.82) is 0 Å². The van der Waals surface area contributed by atoms with E-state index in [0.717, 1.165) is 32.6 Å².